The Hall–Kier alpha value is -3.29. The first-order chi connectivity index (χ1) is 15.3. The molecule has 1 N–H and O–H groups in total. The van der Waals surface area contributed by atoms with Crippen molar-refractivity contribution < 1.29 is 9.84 Å². The van der Waals surface area contributed by atoms with Gasteiger partial charge in [0.05, 0.1) is 28.9 Å². The number of rotatable bonds is 2. The quantitative estimate of drug-likeness (QED) is 0.506. The zero-order chi connectivity index (χ0) is 22.7. The molecule has 2 aromatic heterocycles. The standard InChI is InChI=1S/C24H22ClN3O4/c1-13-4-9-16(17(29)12-13)22-21-20-18(23(30)27(3)24(31)26(20)2)19(28(21)10-11-32-22)14-5-7-15(25)8-6-14/h4-9,12,22,29H,10-11H2,1-3H3/t22-/m1/s1. The Morgan fingerprint density at radius 3 is 2.47 bits per heavy atom. The average molecular weight is 452 g/mol. The summed E-state index contributed by atoms with van der Waals surface area (Å²) in [5.74, 6) is 0.111. The van der Waals surface area contributed by atoms with Gasteiger partial charge in [-0.05, 0) is 36.2 Å². The molecule has 1 atom stereocenters. The number of hydrogen-bond acceptors (Lipinski definition) is 4. The number of aryl methyl sites for hydroxylation is 2. The fourth-order valence-corrected chi connectivity index (χ4v) is 4.73. The van der Waals surface area contributed by atoms with Gasteiger partial charge in [0.2, 0.25) is 0 Å². The van der Waals surface area contributed by atoms with Gasteiger partial charge in [0.1, 0.15) is 11.9 Å². The number of benzene rings is 2. The van der Waals surface area contributed by atoms with Gasteiger partial charge < -0.3 is 14.4 Å². The van der Waals surface area contributed by atoms with Gasteiger partial charge in [0.15, 0.2) is 0 Å². The van der Waals surface area contributed by atoms with Gasteiger partial charge in [0, 0.05) is 31.2 Å². The zero-order valence-electron chi connectivity index (χ0n) is 17.9. The summed E-state index contributed by atoms with van der Waals surface area (Å²) in [6.45, 7) is 2.79. The number of hydrogen-bond donors (Lipinski definition) is 1. The molecule has 0 radical (unpaired) electrons. The SMILES string of the molecule is Cc1ccc([C@H]2OCCn3c(-c4ccc(Cl)cc4)c4c(=O)n(C)c(=O)n(C)c4c32)c(O)c1. The van der Waals surface area contributed by atoms with Gasteiger partial charge in [-0.15, -0.1) is 0 Å². The van der Waals surface area contributed by atoms with Crippen LogP contribution in [0.1, 0.15) is 22.9 Å². The van der Waals surface area contributed by atoms with Crippen LogP contribution in [0.2, 0.25) is 5.02 Å². The molecule has 3 heterocycles. The van der Waals surface area contributed by atoms with Crippen LogP contribution in [0.5, 0.6) is 5.75 Å². The molecule has 1 aliphatic rings. The molecule has 0 saturated heterocycles. The largest absolute Gasteiger partial charge is 0.508 e. The second kappa shape index (κ2) is 7.39. The molecule has 0 fully saturated rings. The molecule has 0 amide bonds. The molecule has 2 aromatic carbocycles. The summed E-state index contributed by atoms with van der Waals surface area (Å²) < 4.78 is 10.8. The van der Waals surface area contributed by atoms with Crippen LogP contribution < -0.4 is 11.2 Å². The molecule has 0 bridgehead atoms. The molecule has 1 aliphatic heterocycles. The molecule has 5 rings (SSSR count). The number of aromatic hydroxyl groups is 1. The Kier molecular flexibility index (Phi) is 4.76. The molecule has 7 nitrogen and oxygen atoms in total. The van der Waals surface area contributed by atoms with E-state index < -0.39 is 11.8 Å². The molecular formula is C24H22ClN3O4. The molecule has 0 saturated carbocycles. The van der Waals surface area contributed by atoms with Crippen LogP contribution in [0.4, 0.5) is 0 Å². The zero-order valence-corrected chi connectivity index (χ0v) is 18.7. The normalized spacial score (nSPS) is 15.8. The summed E-state index contributed by atoms with van der Waals surface area (Å²) in [5, 5.41) is 11.7. The van der Waals surface area contributed by atoms with Crippen molar-refractivity contribution in [1.82, 2.24) is 13.7 Å². The maximum Gasteiger partial charge on any atom is 0.331 e. The van der Waals surface area contributed by atoms with E-state index in [4.69, 9.17) is 16.3 Å². The van der Waals surface area contributed by atoms with Gasteiger partial charge in [-0.25, -0.2) is 4.79 Å². The smallest absolute Gasteiger partial charge is 0.331 e. The fourth-order valence-electron chi connectivity index (χ4n) is 4.60. The lowest BCUT2D eigenvalue weighted by Crippen LogP contribution is -2.37. The first kappa shape index (κ1) is 20.6. The highest BCUT2D eigenvalue weighted by molar-refractivity contribution is 6.30. The number of halogens is 1. The Labute approximate surface area is 188 Å². The van der Waals surface area contributed by atoms with Gasteiger partial charge in [0.25, 0.3) is 5.56 Å². The van der Waals surface area contributed by atoms with E-state index in [1.165, 1.54) is 11.6 Å². The van der Waals surface area contributed by atoms with E-state index in [0.717, 1.165) is 15.7 Å². The van der Waals surface area contributed by atoms with Crippen molar-refractivity contribution in [3.05, 3.63) is 85.1 Å². The van der Waals surface area contributed by atoms with Crippen molar-refractivity contribution in [3.8, 4) is 17.0 Å². The lowest BCUT2D eigenvalue weighted by atomic mass is 10.0. The number of ether oxygens (including phenoxy) is 1. The fraction of sp³-hybridized carbons (Fsp3) is 0.250. The average Bonchev–Trinajstić information content (AvgIpc) is 3.12. The van der Waals surface area contributed by atoms with E-state index >= 15 is 0 Å². The predicted molar refractivity (Wildman–Crippen MR) is 124 cm³/mol. The van der Waals surface area contributed by atoms with Crippen molar-refractivity contribution in [2.45, 2.75) is 19.6 Å². The van der Waals surface area contributed by atoms with Gasteiger partial charge in [-0.2, -0.15) is 0 Å². The molecule has 8 heteroatoms. The van der Waals surface area contributed by atoms with Gasteiger partial charge >= 0.3 is 5.69 Å². The Balaban J connectivity index is 1.94. The maximum atomic E-state index is 13.4. The lowest BCUT2D eigenvalue weighted by Gasteiger charge is -2.28. The second-order valence-corrected chi connectivity index (χ2v) is 8.57. The lowest BCUT2D eigenvalue weighted by molar-refractivity contribution is 0.0464. The van der Waals surface area contributed by atoms with Crippen LogP contribution >= 0.6 is 11.6 Å². The van der Waals surface area contributed by atoms with Crippen LogP contribution in [0.15, 0.2) is 52.1 Å². The Morgan fingerprint density at radius 1 is 1.06 bits per heavy atom. The minimum Gasteiger partial charge on any atom is -0.508 e. The summed E-state index contributed by atoms with van der Waals surface area (Å²) in [5.41, 5.74) is 3.42. The minimum atomic E-state index is -0.634. The van der Waals surface area contributed by atoms with Gasteiger partial charge in [-0.1, -0.05) is 35.9 Å². The number of fused-ring (bicyclic) bond motifs is 3. The third-order valence-corrected chi connectivity index (χ3v) is 6.39. The summed E-state index contributed by atoms with van der Waals surface area (Å²) in [7, 11) is 3.13. The number of aromatic nitrogens is 3. The third-order valence-electron chi connectivity index (χ3n) is 6.14. The van der Waals surface area contributed by atoms with Crippen LogP contribution in [-0.4, -0.2) is 25.4 Å². The van der Waals surface area contributed by atoms with Crippen molar-refractivity contribution in [2.75, 3.05) is 6.61 Å². The highest BCUT2D eigenvalue weighted by atomic mass is 35.5. The minimum absolute atomic E-state index is 0.111. The molecule has 0 unspecified atom stereocenters. The number of nitrogens with zero attached hydrogens (tertiary/aromatic N) is 3. The van der Waals surface area contributed by atoms with Crippen LogP contribution in [0.25, 0.3) is 22.2 Å². The van der Waals surface area contributed by atoms with E-state index in [0.29, 0.717) is 46.0 Å². The topological polar surface area (TPSA) is 78.4 Å². The van der Waals surface area contributed by atoms with E-state index in [1.54, 1.807) is 25.2 Å². The van der Waals surface area contributed by atoms with E-state index in [-0.39, 0.29) is 11.3 Å². The maximum absolute atomic E-state index is 13.4. The van der Waals surface area contributed by atoms with Crippen LogP contribution in [0.3, 0.4) is 0 Å². The van der Waals surface area contributed by atoms with Crippen molar-refractivity contribution in [2.24, 2.45) is 14.1 Å². The molecule has 32 heavy (non-hydrogen) atoms. The molecule has 0 spiro atoms. The second-order valence-electron chi connectivity index (χ2n) is 8.13. The van der Waals surface area contributed by atoms with E-state index in [1.807, 2.05) is 35.8 Å². The summed E-state index contributed by atoms with van der Waals surface area (Å²) in [4.78, 5) is 26.2. The predicted octanol–water partition coefficient (Wildman–Crippen LogP) is 3.49. The monoisotopic (exact) mass is 451 g/mol. The highest BCUT2D eigenvalue weighted by Crippen LogP contribution is 2.42. The third kappa shape index (κ3) is 2.92. The Morgan fingerprint density at radius 2 is 1.78 bits per heavy atom. The summed E-state index contributed by atoms with van der Waals surface area (Å²) in [6, 6.07) is 12.7. The molecule has 0 aliphatic carbocycles. The van der Waals surface area contributed by atoms with Crippen molar-refractivity contribution >= 4 is 22.5 Å². The van der Waals surface area contributed by atoms with Crippen LogP contribution in [0, 0.1) is 6.92 Å². The van der Waals surface area contributed by atoms with E-state index in [9.17, 15) is 14.7 Å². The summed E-state index contributed by atoms with van der Waals surface area (Å²) >= 11 is 6.10. The molecular weight excluding hydrogens is 430 g/mol. The molecule has 4 aromatic rings. The Bertz CT molecular complexity index is 1500. The first-order valence-corrected chi connectivity index (χ1v) is 10.7. The number of phenols is 1. The van der Waals surface area contributed by atoms with E-state index in [2.05, 4.69) is 0 Å². The molecule has 164 valence electrons. The van der Waals surface area contributed by atoms with Crippen molar-refractivity contribution in [3.63, 3.8) is 0 Å². The van der Waals surface area contributed by atoms with Crippen LogP contribution in [-0.2, 0) is 25.4 Å². The highest BCUT2D eigenvalue weighted by Gasteiger charge is 2.34. The van der Waals surface area contributed by atoms with Crippen molar-refractivity contribution in [1.29, 1.82) is 0 Å². The number of phenolic OH excluding ortho intramolecular Hbond substituents is 1. The first-order valence-electron chi connectivity index (χ1n) is 10.3. The van der Waals surface area contributed by atoms with Gasteiger partial charge in [-0.3, -0.25) is 13.9 Å². The summed E-state index contributed by atoms with van der Waals surface area (Å²) in [6.07, 6.45) is -0.634.